The van der Waals surface area contributed by atoms with Gasteiger partial charge in [0.1, 0.15) is 12.0 Å². The van der Waals surface area contributed by atoms with Gasteiger partial charge in [0, 0.05) is 19.6 Å². The molecule has 1 atom stereocenters. The number of nitrogens with two attached hydrogens (primary N) is 1. The van der Waals surface area contributed by atoms with E-state index < -0.39 is 24.0 Å². The number of ether oxygens (including phenoxy) is 1. The molecular weight excluding hydrogens is 431 g/mol. The van der Waals surface area contributed by atoms with Crippen LogP contribution < -0.4 is 11.1 Å². The van der Waals surface area contributed by atoms with Crippen LogP contribution in [0.5, 0.6) is 0 Å². The van der Waals surface area contributed by atoms with E-state index >= 15 is 0 Å². The first-order valence-electron chi connectivity index (χ1n) is 11.4. The molecule has 0 saturated carbocycles. The first kappa shape index (κ1) is 23.7. The molecule has 1 aliphatic carbocycles. The maximum Gasteiger partial charge on any atom is 0.405 e. The molecule has 1 heterocycles. The molecule has 0 radical (unpaired) electrons. The maximum absolute atomic E-state index is 13.5. The number of morpholine rings is 1. The molecule has 178 valence electrons. The third-order valence-electron chi connectivity index (χ3n) is 6.66. The number of fused-ring (bicyclic) bond motifs is 3. The predicted octanol–water partition coefficient (Wildman–Crippen LogP) is 3.46. The highest BCUT2D eigenvalue weighted by Crippen LogP contribution is 2.51. The summed E-state index contributed by atoms with van der Waals surface area (Å²) in [5.41, 5.74) is 7.97. The Kier molecular flexibility index (Phi) is 7.07. The fraction of sp³-hybridized carbons (Fsp3) is 0.480. The summed E-state index contributed by atoms with van der Waals surface area (Å²) in [6.07, 6.45) is -2.46. The predicted molar refractivity (Wildman–Crippen MR) is 121 cm³/mol. The van der Waals surface area contributed by atoms with Gasteiger partial charge >= 0.3 is 6.18 Å². The van der Waals surface area contributed by atoms with Gasteiger partial charge in [-0.1, -0.05) is 55.0 Å². The molecule has 3 N–H and O–H groups in total. The monoisotopic (exact) mass is 461 g/mol. The van der Waals surface area contributed by atoms with Crippen LogP contribution in [0.1, 0.15) is 30.4 Å². The van der Waals surface area contributed by atoms with Crippen LogP contribution in [-0.2, 0) is 14.9 Å². The molecule has 8 heteroatoms. The Labute approximate surface area is 192 Å². The van der Waals surface area contributed by atoms with E-state index in [4.69, 9.17) is 10.5 Å². The number of amides is 1. The topological polar surface area (TPSA) is 67.6 Å². The van der Waals surface area contributed by atoms with Gasteiger partial charge in [0.25, 0.3) is 0 Å². The highest BCUT2D eigenvalue weighted by atomic mass is 19.4. The van der Waals surface area contributed by atoms with Crippen LogP contribution in [0.15, 0.2) is 48.5 Å². The van der Waals surface area contributed by atoms with Crippen LogP contribution in [0.4, 0.5) is 13.2 Å². The zero-order valence-electron chi connectivity index (χ0n) is 18.5. The lowest BCUT2D eigenvalue weighted by Gasteiger charge is -2.33. The van der Waals surface area contributed by atoms with Gasteiger partial charge in [-0.25, -0.2) is 0 Å². The van der Waals surface area contributed by atoms with Gasteiger partial charge in [-0.2, -0.15) is 13.2 Å². The van der Waals surface area contributed by atoms with Gasteiger partial charge in [0.05, 0.1) is 12.7 Å². The maximum atomic E-state index is 13.5. The summed E-state index contributed by atoms with van der Waals surface area (Å²) >= 11 is 0. The van der Waals surface area contributed by atoms with Gasteiger partial charge in [0.2, 0.25) is 5.91 Å². The Hall–Kier alpha value is -2.42. The average molecular weight is 462 g/mol. The number of alkyl halides is 3. The van der Waals surface area contributed by atoms with Crippen molar-refractivity contribution < 1.29 is 22.7 Å². The molecule has 0 spiro atoms. The zero-order chi connectivity index (χ0) is 23.5. The van der Waals surface area contributed by atoms with Crippen molar-refractivity contribution in [1.29, 1.82) is 0 Å². The van der Waals surface area contributed by atoms with Gasteiger partial charge in [-0.3, -0.25) is 9.69 Å². The van der Waals surface area contributed by atoms with Crippen molar-refractivity contribution >= 4 is 5.91 Å². The van der Waals surface area contributed by atoms with E-state index in [1.807, 2.05) is 48.5 Å². The summed E-state index contributed by atoms with van der Waals surface area (Å²) in [6.45, 7) is 2.23. The molecule has 2 aromatic rings. The second kappa shape index (κ2) is 9.83. The lowest BCUT2D eigenvalue weighted by Crippen LogP contribution is -2.47. The second-order valence-electron chi connectivity index (χ2n) is 8.78. The summed E-state index contributed by atoms with van der Waals surface area (Å²) in [5, 5.41) is 2.19. The third-order valence-corrected chi connectivity index (χ3v) is 6.66. The molecule has 5 nitrogen and oxygen atoms in total. The summed E-state index contributed by atoms with van der Waals surface area (Å²) < 4.78 is 44.5. The molecule has 2 aromatic carbocycles. The molecule has 1 aliphatic heterocycles. The summed E-state index contributed by atoms with van der Waals surface area (Å²) in [6, 6.07) is 15.1. The molecule has 1 amide bonds. The first-order chi connectivity index (χ1) is 15.8. The normalized spacial score (nSPS) is 19.7. The first-order valence-corrected chi connectivity index (χ1v) is 11.4. The smallest absolute Gasteiger partial charge is 0.374 e. The van der Waals surface area contributed by atoms with Crippen LogP contribution >= 0.6 is 0 Å². The van der Waals surface area contributed by atoms with Crippen molar-refractivity contribution in [3.05, 3.63) is 59.7 Å². The fourth-order valence-corrected chi connectivity index (χ4v) is 5.14. The standard InChI is InChI=1S/C25H30F3N3O2/c26-25(27,28)17-30-23(32)24(11-5-6-12-31-13-14-33-18(15-29)16-31)21-9-3-1-7-19(21)20-8-2-4-10-22(20)24/h1-4,7-10,18H,5-6,11-17,29H2,(H,30,32). The Bertz CT molecular complexity index is 934. The minimum Gasteiger partial charge on any atom is -0.374 e. The van der Waals surface area contributed by atoms with Crippen molar-refractivity contribution in [3.63, 3.8) is 0 Å². The van der Waals surface area contributed by atoms with Crippen LogP contribution in [0.25, 0.3) is 11.1 Å². The van der Waals surface area contributed by atoms with E-state index in [9.17, 15) is 18.0 Å². The molecule has 4 rings (SSSR count). The number of rotatable bonds is 8. The van der Waals surface area contributed by atoms with Gasteiger partial charge in [0.15, 0.2) is 0 Å². The Morgan fingerprint density at radius 2 is 1.73 bits per heavy atom. The average Bonchev–Trinajstić information content (AvgIpc) is 3.11. The van der Waals surface area contributed by atoms with Crippen molar-refractivity contribution in [2.45, 2.75) is 37.0 Å². The number of unbranched alkanes of at least 4 members (excludes halogenated alkanes) is 1. The quantitative estimate of drug-likeness (QED) is 0.591. The molecule has 33 heavy (non-hydrogen) atoms. The number of benzene rings is 2. The molecule has 1 unspecified atom stereocenters. The lowest BCUT2D eigenvalue weighted by atomic mass is 9.73. The fourth-order valence-electron chi connectivity index (χ4n) is 5.14. The van der Waals surface area contributed by atoms with E-state index in [-0.39, 0.29) is 6.10 Å². The van der Waals surface area contributed by atoms with Crippen LogP contribution in [-0.4, -0.2) is 62.4 Å². The van der Waals surface area contributed by atoms with Crippen molar-refractivity contribution in [3.8, 4) is 11.1 Å². The lowest BCUT2D eigenvalue weighted by molar-refractivity contribution is -0.141. The van der Waals surface area contributed by atoms with Gasteiger partial charge in [-0.05, 0) is 41.6 Å². The van der Waals surface area contributed by atoms with E-state index in [2.05, 4.69) is 10.2 Å². The zero-order valence-corrected chi connectivity index (χ0v) is 18.5. The largest absolute Gasteiger partial charge is 0.405 e. The Balaban J connectivity index is 1.56. The van der Waals surface area contributed by atoms with Gasteiger partial charge in [-0.15, -0.1) is 0 Å². The molecule has 0 aromatic heterocycles. The van der Waals surface area contributed by atoms with E-state index in [0.717, 1.165) is 48.3 Å². The molecular formula is C25H30F3N3O2. The third kappa shape index (κ3) is 4.93. The highest BCUT2D eigenvalue weighted by molar-refractivity contribution is 6.00. The van der Waals surface area contributed by atoms with Crippen LogP contribution in [0, 0.1) is 0 Å². The summed E-state index contributed by atoms with van der Waals surface area (Å²) in [5.74, 6) is -0.591. The summed E-state index contributed by atoms with van der Waals surface area (Å²) in [4.78, 5) is 15.8. The van der Waals surface area contributed by atoms with Crippen molar-refractivity contribution in [2.75, 3.05) is 39.3 Å². The highest BCUT2D eigenvalue weighted by Gasteiger charge is 2.49. The van der Waals surface area contributed by atoms with Crippen molar-refractivity contribution in [1.82, 2.24) is 10.2 Å². The number of carbonyl (C=O) groups excluding carboxylic acids is 1. The number of hydrogen-bond donors (Lipinski definition) is 2. The van der Waals surface area contributed by atoms with E-state index in [0.29, 0.717) is 26.0 Å². The number of halogens is 3. The molecule has 2 aliphatic rings. The number of nitrogens with zero attached hydrogens (tertiary/aromatic N) is 1. The minimum atomic E-state index is -4.47. The second-order valence-corrected chi connectivity index (χ2v) is 8.78. The number of carbonyl (C=O) groups is 1. The summed E-state index contributed by atoms with van der Waals surface area (Å²) in [7, 11) is 0. The number of nitrogens with one attached hydrogen (secondary N) is 1. The van der Waals surface area contributed by atoms with E-state index in [1.54, 1.807) is 0 Å². The molecule has 1 saturated heterocycles. The van der Waals surface area contributed by atoms with Crippen LogP contribution in [0.3, 0.4) is 0 Å². The van der Waals surface area contributed by atoms with Crippen LogP contribution in [0.2, 0.25) is 0 Å². The molecule has 0 bridgehead atoms. The Morgan fingerprint density at radius 3 is 2.33 bits per heavy atom. The van der Waals surface area contributed by atoms with Crippen molar-refractivity contribution in [2.24, 2.45) is 5.73 Å². The number of hydrogen-bond acceptors (Lipinski definition) is 4. The molecule has 1 fully saturated rings. The SMILES string of the molecule is NCC1CN(CCCCC2(C(=O)NCC(F)(F)F)c3ccccc3-c3ccccc32)CCO1. The Morgan fingerprint density at radius 1 is 1.09 bits per heavy atom. The van der Waals surface area contributed by atoms with E-state index in [1.165, 1.54) is 0 Å². The van der Waals surface area contributed by atoms with Gasteiger partial charge < -0.3 is 15.8 Å². The minimum absolute atomic E-state index is 0.0341.